The molecule has 0 saturated heterocycles. The first-order valence-electron chi connectivity index (χ1n) is 4.20. The lowest BCUT2D eigenvalue weighted by Crippen LogP contribution is -2.29. The van der Waals surface area contributed by atoms with Crippen LogP contribution in [0.5, 0.6) is 0 Å². The molecule has 1 aliphatic carbocycles. The van der Waals surface area contributed by atoms with Crippen LogP contribution in [-0.4, -0.2) is 17.9 Å². The van der Waals surface area contributed by atoms with Crippen LogP contribution >= 0.6 is 0 Å². The maximum absolute atomic E-state index is 11.9. The molecule has 0 spiro atoms. The quantitative estimate of drug-likeness (QED) is 0.710. The van der Waals surface area contributed by atoms with Crippen molar-refractivity contribution in [3.8, 4) is 0 Å². The van der Waals surface area contributed by atoms with E-state index in [4.69, 9.17) is 5.11 Å². The average Bonchev–Trinajstić information content (AvgIpc) is 1.79. The second-order valence-corrected chi connectivity index (χ2v) is 3.45. The predicted molar refractivity (Wildman–Crippen MR) is 38.6 cm³/mol. The van der Waals surface area contributed by atoms with Gasteiger partial charge in [-0.1, -0.05) is 19.3 Å². The SMILES string of the molecule is OC[C@@H](CC(F)(F)F)C1CCC1. The summed E-state index contributed by atoms with van der Waals surface area (Å²) in [6.07, 6.45) is -2.24. The van der Waals surface area contributed by atoms with Crippen LogP contribution in [0, 0.1) is 11.8 Å². The molecule has 0 unspecified atom stereocenters. The van der Waals surface area contributed by atoms with Gasteiger partial charge in [0.1, 0.15) is 0 Å². The van der Waals surface area contributed by atoms with E-state index in [0.717, 1.165) is 19.3 Å². The van der Waals surface area contributed by atoms with E-state index < -0.39 is 18.5 Å². The average molecular weight is 182 g/mol. The first kappa shape index (κ1) is 9.84. The molecule has 0 aromatic heterocycles. The van der Waals surface area contributed by atoms with E-state index in [1.54, 1.807) is 0 Å². The molecular formula is C8H13F3O. The lowest BCUT2D eigenvalue weighted by molar-refractivity contribution is -0.154. The van der Waals surface area contributed by atoms with Crippen molar-refractivity contribution >= 4 is 0 Å². The summed E-state index contributed by atoms with van der Waals surface area (Å²) in [6.45, 7) is -0.329. The van der Waals surface area contributed by atoms with Gasteiger partial charge < -0.3 is 5.11 Å². The highest BCUT2D eigenvalue weighted by molar-refractivity contribution is 4.78. The molecule has 1 aliphatic rings. The smallest absolute Gasteiger partial charge is 0.389 e. The Morgan fingerprint density at radius 2 is 1.92 bits per heavy atom. The highest BCUT2D eigenvalue weighted by Gasteiger charge is 2.37. The third-order valence-electron chi connectivity index (χ3n) is 2.54. The topological polar surface area (TPSA) is 20.2 Å². The second-order valence-electron chi connectivity index (χ2n) is 3.45. The number of rotatable bonds is 3. The summed E-state index contributed by atoms with van der Waals surface area (Å²) in [5.74, 6) is -0.449. The summed E-state index contributed by atoms with van der Waals surface area (Å²) in [7, 11) is 0. The third-order valence-corrected chi connectivity index (χ3v) is 2.54. The van der Waals surface area contributed by atoms with E-state index in [-0.39, 0.29) is 12.5 Å². The molecule has 72 valence electrons. The summed E-state index contributed by atoms with van der Waals surface area (Å²) in [5, 5.41) is 8.72. The summed E-state index contributed by atoms with van der Waals surface area (Å²) >= 11 is 0. The van der Waals surface area contributed by atoms with Crippen molar-refractivity contribution in [1.29, 1.82) is 0 Å². The van der Waals surface area contributed by atoms with Crippen molar-refractivity contribution in [3.63, 3.8) is 0 Å². The van der Waals surface area contributed by atoms with E-state index in [1.807, 2.05) is 0 Å². The van der Waals surface area contributed by atoms with Gasteiger partial charge >= 0.3 is 6.18 Å². The highest BCUT2D eigenvalue weighted by Crippen LogP contribution is 2.38. The van der Waals surface area contributed by atoms with Crippen molar-refractivity contribution in [1.82, 2.24) is 0 Å². The fraction of sp³-hybridized carbons (Fsp3) is 1.00. The third kappa shape index (κ3) is 2.66. The molecule has 1 nitrogen and oxygen atoms in total. The lowest BCUT2D eigenvalue weighted by Gasteiger charge is -2.33. The zero-order valence-corrected chi connectivity index (χ0v) is 6.77. The van der Waals surface area contributed by atoms with Gasteiger partial charge in [-0.3, -0.25) is 0 Å². The maximum Gasteiger partial charge on any atom is 0.389 e. The fourth-order valence-corrected chi connectivity index (χ4v) is 1.59. The molecule has 1 rings (SSSR count). The summed E-state index contributed by atoms with van der Waals surface area (Å²) in [4.78, 5) is 0. The molecule has 1 atom stereocenters. The Bertz CT molecular complexity index is 140. The lowest BCUT2D eigenvalue weighted by atomic mass is 9.75. The summed E-state index contributed by atoms with van der Waals surface area (Å²) < 4.78 is 35.7. The molecule has 1 fully saturated rings. The number of hydrogen-bond donors (Lipinski definition) is 1. The van der Waals surface area contributed by atoms with Gasteiger partial charge in [0.25, 0.3) is 0 Å². The normalized spacial score (nSPS) is 22.0. The van der Waals surface area contributed by atoms with Gasteiger partial charge in [0.15, 0.2) is 0 Å². The van der Waals surface area contributed by atoms with Crippen molar-refractivity contribution in [3.05, 3.63) is 0 Å². The standard InChI is InChI=1S/C8H13F3O/c9-8(10,11)4-7(5-12)6-2-1-3-6/h6-7,12H,1-5H2/t7-/m1/s1. The van der Waals surface area contributed by atoms with Crippen molar-refractivity contribution in [2.45, 2.75) is 31.9 Å². The van der Waals surface area contributed by atoms with Crippen molar-refractivity contribution in [2.75, 3.05) is 6.61 Å². The summed E-state index contributed by atoms with van der Waals surface area (Å²) in [5.41, 5.74) is 0. The molecule has 4 heteroatoms. The fourth-order valence-electron chi connectivity index (χ4n) is 1.59. The maximum atomic E-state index is 11.9. The molecule has 0 bridgehead atoms. The predicted octanol–water partition coefficient (Wildman–Crippen LogP) is 2.35. The van der Waals surface area contributed by atoms with Crippen LogP contribution in [0.2, 0.25) is 0 Å². The van der Waals surface area contributed by atoms with Crippen molar-refractivity contribution < 1.29 is 18.3 Å². The Morgan fingerprint density at radius 3 is 2.17 bits per heavy atom. The molecule has 0 radical (unpaired) electrons. The number of aliphatic hydroxyl groups excluding tert-OH is 1. The van der Waals surface area contributed by atoms with Crippen LogP contribution < -0.4 is 0 Å². The van der Waals surface area contributed by atoms with Crippen LogP contribution in [0.25, 0.3) is 0 Å². The van der Waals surface area contributed by atoms with Gasteiger partial charge in [0.05, 0.1) is 0 Å². The number of halogens is 3. The van der Waals surface area contributed by atoms with E-state index >= 15 is 0 Å². The Kier molecular flexibility index (Phi) is 2.99. The van der Waals surface area contributed by atoms with Crippen LogP contribution in [-0.2, 0) is 0 Å². The highest BCUT2D eigenvalue weighted by atomic mass is 19.4. The number of alkyl halides is 3. The molecule has 0 aliphatic heterocycles. The Balaban J connectivity index is 2.34. The van der Waals surface area contributed by atoms with Crippen LogP contribution in [0.1, 0.15) is 25.7 Å². The molecule has 1 saturated carbocycles. The van der Waals surface area contributed by atoms with E-state index in [1.165, 1.54) is 0 Å². The van der Waals surface area contributed by atoms with Gasteiger partial charge in [-0.05, 0) is 11.8 Å². The first-order valence-corrected chi connectivity index (χ1v) is 4.20. The van der Waals surface area contributed by atoms with E-state index in [9.17, 15) is 13.2 Å². The molecule has 12 heavy (non-hydrogen) atoms. The van der Waals surface area contributed by atoms with Crippen LogP contribution in [0.15, 0.2) is 0 Å². The minimum atomic E-state index is -4.12. The second kappa shape index (κ2) is 3.64. The van der Waals surface area contributed by atoms with Gasteiger partial charge in [-0.25, -0.2) is 0 Å². The van der Waals surface area contributed by atoms with Gasteiger partial charge in [0, 0.05) is 13.0 Å². The molecule has 0 heterocycles. The van der Waals surface area contributed by atoms with Gasteiger partial charge in [-0.2, -0.15) is 13.2 Å². The monoisotopic (exact) mass is 182 g/mol. The number of aliphatic hydroxyl groups is 1. The molecular weight excluding hydrogens is 169 g/mol. The van der Waals surface area contributed by atoms with E-state index in [0.29, 0.717) is 0 Å². The van der Waals surface area contributed by atoms with Gasteiger partial charge in [0.2, 0.25) is 0 Å². The largest absolute Gasteiger partial charge is 0.396 e. The Hall–Kier alpha value is -0.250. The molecule has 1 N–H and O–H groups in total. The minimum absolute atomic E-state index is 0.108. The van der Waals surface area contributed by atoms with Gasteiger partial charge in [-0.15, -0.1) is 0 Å². The minimum Gasteiger partial charge on any atom is -0.396 e. The molecule has 0 amide bonds. The van der Waals surface area contributed by atoms with Crippen molar-refractivity contribution in [2.24, 2.45) is 11.8 Å². The first-order chi connectivity index (χ1) is 5.53. The number of hydrogen-bond acceptors (Lipinski definition) is 1. The van der Waals surface area contributed by atoms with E-state index in [2.05, 4.69) is 0 Å². The van der Waals surface area contributed by atoms with Crippen LogP contribution in [0.3, 0.4) is 0 Å². The molecule has 0 aromatic carbocycles. The van der Waals surface area contributed by atoms with Crippen LogP contribution in [0.4, 0.5) is 13.2 Å². The zero-order chi connectivity index (χ0) is 9.19. The molecule has 0 aromatic rings. The Morgan fingerprint density at radius 1 is 1.33 bits per heavy atom. The summed E-state index contributed by atoms with van der Waals surface area (Å²) in [6, 6.07) is 0. The zero-order valence-electron chi connectivity index (χ0n) is 6.77. The Labute approximate surface area is 69.6 Å².